The fourth-order valence-corrected chi connectivity index (χ4v) is 5.18. The van der Waals surface area contributed by atoms with Crippen LogP contribution in [0.1, 0.15) is 80.5 Å². The maximum atomic E-state index is 10.2. The van der Waals surface area contributed by atoms with Gasteiger partial charge in [0.15, 0.2) is 0 Å². The van der Waals surface area contributed by atoms with Crippen LogP contribution < -0.4 is 5.46 Å². The minimum Gasteiger partial charge on any atom is -0.509 e. The van der Waals surface area contributed by atoms with Crippen molar-refractivity contribution < 1.29 is 15.3 Å². The Balaban J connectivity index is 1.96. The molecule has 196 valence electrons. The number of hydrogen-bond acceptors (Lipinski definition) is 3. The van der Waals surface area contributed by atoms with Crippen LogP contribution in [0.4, 0.5) is 0 Å². The first kappa shape index (κ1) is 27.4. The minimum atomic E-state index is -0.324. The third-order valence-electron chi connectivity index (χ3n) is 8.52. The van der Waals surface area contributed by atoms with Crippen molar-refractivity contribution in [3.05, 3.63) is 118 Å². The molecule has 0 spiro atoms. The summed E-state index contributed by atoms with van der Waals surface area (Å²) in [6.07, 6.45) is 0. The second-order valence-corrected chi connectivity index (χ2v) is 12.2. The number of aryl methyl sites for hydroxylation is 1. The molecule has 0 saturated heterocycles. The first-order chi connectivity index (χ1) is 17.6. The van der Waals surface area contributed by atoms with Gasteiger partial charge in [-0.25, -0.2) is 0 Å². The Kier molecular flexibility index (Phi) is 6.90. The quantitative estimate of drug-likeness (QED) is 0.267. The van der Waals surface area contributed by atoms with Gasteiger partial charge < -0.3 is 15.3 Å². The van der Waals surface area contributed by atoms with Gasteiger partial charge in [0.05, 0.1) is 0 Å². The van der Waals surface area contributed by atoms with Crippen molar-refractivity contribution in [2.45, 2.75) is 64.7 Å². The molecule has 0 aliphatic heterocycles. The lowest BCUT2D eigenvalue weighted by Crippen LogP contribution is -2.27. The number of benzene rings is 4. The number of phenolic OH excluding ortho intramolecular Hbond substituents is 3. The average Bonchev–Trinajstić information content (AvgIpc) is 2.87. The average molecular weight is 506 g/mol. The molecule has 4 rings (SSSR count). The van der Waals surface area contributed by atoms with E-state index in [0.29, 0.717) is 11.5 Å². The zero-order valence-corrected chi connectivity index (χ0v) is 23.8. The second kappa shape index (κ2) is 9.58. The Morgan fingerprint density at radius 2 is 0.868 bits per heavy atom. The lowest BCUT2D eigenvalue weighted by molar-refractivity contribution is 0.470. The normalized spacial score (nSPS) is 12.5. The second-order valence-electron chi connectivity index (χ2n) is 12.2. The van der Waals surface area contributed by atoms with Gasteiger partial charge in [0.1, 0.15) is 25.1 Å². The van der Waals surface area contributed by atoms with Gasteiger partial charge >= 0.3 is 0 Å². The van der Waals surface area contributed by atoms with E-state index in [1.807, 2.05) is 39.0 Å². The van der Waals surface area contributed by atoms with E-state index in [0.717, 1.165) is 27.7 Å². The highest BCUT2D eigenvalue weighted by molar-refractivity contribution is 6.34. The van der Waals surface area contributed by atoms with E-state index in [1.54, 1.807) is 24.3 Å². The predicted molar refractivity (Wildman–Crippen MR) is 160 cm³/mol. The zero-order chi connectivity index (χ0) is 28.0. The van der Waals surface area contributed by atoms with E-state index in [-0.39, 0.29) is 22.0 Å². The van der Waals surface area contributed by atoms with Crippen molar-refractivity contribution in [2.75, 3.05) is 0 Å². The van der Waals surface area contributed by atoms with Crippen molar-refractivity contribution in [3.8, 4) is 17.2 Å². The number of phenols is 3. The highest BCUT2D eigenvalue weighted by Gasteiger charge is 2.32. The van der Waals surface area contributed by atoms with Crippen LogP contribution in [0.15, 0.2) is 78.9 Å². The van der Waals surface area contributed by atoms with Gasteiger partial charge in [-0.15, -0.1) is 0 Å². The highest BCUT2D eigenvalue weighted by Crippen LogP contribution is 2.42. The van der Waals surface area contributed by atoms with Crippen molar-refractivity contribution in [1.82, 2.24) is 0 Å². The van der Waals surface area contributed by atoms with Gasteiger partial charge in [0, 0.05) is 16.2 Å². The molecule has 3 nitrogen and oxygen atoms in total. The molecule has 0 atom stereocenters. The lowest BCUT2D eigenvalue weighted by atomic mass is 9.68. The van der Waals surface area contributed by atoms with Crippen molar-refractivity contribution in [1.29, 1.82) is 0 Å². The Morgan fingerprint density at radius 1 is 0.474 bits per heavy atom. The van der Waals surface area contributed by atoms with Gasteiger partial charge in [-0.2, -0.15) is 0 Å². The standard InChI is InChI=1S/C34H39BO3/c1-21-16-23(10-14-30(21)37)33(4,5)26-17-25(32(2,3)22-8-12-28(36)13-9-22)18-27(19-26)34(6,7)24-11-15-31(38)29(35)20-24/h8-20,36-38H,35H2,1-7H3. The molecule has 38 heavy (non-hydrogen) atoms. The van der Waals surface area contributed by atoms with Crippen LogP contribution in [0.2, 0.25) is 0 Å². The molecule has 0 radical (unpaired) electrons. The molecular formula is C34H39BO3. The van der Waals surface area contributed by atoms with E-state index < -0.39 is 0 Å². The van der Waals surface area contributed by atoms with Gasteiger partial charge in [-0.05, 0) is 75.6 Å². The summed E-state index contributed by atoms with van der Waals surface area (Å²) in [6, 6.07) is 26.1. The van der Waals surface area contributed by atoms with Crippen molar-refractivity contribution in [2.24, 2.45) is 0 Å². The van der Waals surface area contributed by atoms with E-state index in [1.165, 1.54) is 16.7 Å². The Morgan fingerprint density at radius 3 is 1.32 bits per heavy atom. The van der Waals surface area contributed by atoms with Crippen LogP contribution in [0.5, 0.6) is 17.2 Å². The Bertz CT molecular complexity index is 1400. The summed E-state index contributed by atoms with van der Waals surface area (Å²) >= 11 is 0. The van der Waals surface area contributed by atoms with Crippen LogP contribution in [0.25, 0.3) is 0 Å². The molecule has 0 aromatic heterocycles. The Hall–Kier alpha value is -3.66. The van der Waals surface area contributed by atoms with E-state index >= 15 is 0 Å². The van der Waals surface area contributed by atoms with Gasteiger partial charge in [-0.3, -0.25) is 0 Å². The molecule has 0 fully saturated rings. The number of rotatable bonds is 6. The summed E-state index contributed by atoms with van der Waals surface area (Å²) < 4.78 is 0. The number of aromatic hydroxyl groups is 3. The third-order valence-corrected chi connectivity index (χ3v) is 8.52. The monoisotopic (exact) mass is 506 g/mol. The molecule has 0 aliphatic carbocycles. The smallest absolute Gasteiger partial charge is 0.144 e. The van der Waals surface area contributed by atoms with Gasteiger partial charge in [0.2, 0.25) is 0 Å². The summed E-state index contributed by atoms with van der Waals surface area (Å²) in [7, 11) is 1.93. The maximum absolute atomic E-state index is 10.2. The van der Waals surface area contributed by atoms with Crippen molar-refractivity contribution >= 4 is 13.3 Å². The lowest BCUT2D eigenvalue weighted by Gasteiger charge is -2.35. The SMILES string of the molecule is Bc1cc(C(C)(C)c2cc(C(C)(C)c3ccc(O)cc3)cc(C(C)(C)c3ccc(O)c(C)c3)c2)ccc1O. The highest BCUT2D eigenvalue weighted by atomic mass is 16.3. The molecule has 4 aromatic rings. The van der Waals surface area contributed by atoms with Crippen LogP contribution in [0.3, 0.4) is 0 Å². The summed E-state index contributed by atoms with van der Waals surface area (Å²) in [5.74, 6) is 0.860. The fraction of sp³-hybridized carbons (Fsp3) is 0.294. The molecule has 0 saturated carbocycles. The van der Waals surface area contributed by atoms with Crippen LogP contribution >= 0.6 is 0 Å². The van der Waals surface area contributed by atoms with Crippen molar-refractivity contribution in [3.63, 3.8) is 0 Å². The Labute approximate surface area is 228 Å². The first-order valence-electron chi connectivity index (χ1n) is 13.2. The third kappa shape index (κ3) is 4.92. The largest absolute Gasteiger partial charge is 0.509 e. The summed E-state index contributed by atoms with van der Waals surface area (Å²) in [4.78, 5) is 0. The molecule has 0 aliphatic rings. The molecule has 4 aromatic carbocycles. The molecule has 0 amide bonds. The van der Waals surface area contributed by atoms with Crippen LogP contribution in [0, 0.1) is 6.92 Å². The molecule has 4 heteroatoms. The van der Waals surface area contributed by atoms with Crippen LogP contribution in [-0.4, -0.2) is 23.2 Å². The molecule has 0 bridgehead atoms. The molecular weight excluding hydrogens is 467 g/mol. The molecule has 3 N–H and O–H groups in total. The van der Waals surface area contributed by atoms with E-state index in [9.17, 15) is 15.3 Å². The zero-order valence-electron chi connectivity index (χ0n) is 23.8. The fourth-order valence-electron chi connectivity index (χ4n) is 5.18. The topological polar surface area (TPSA) is 60.7 Å². The summed E-state index contributed by atoms with van der Waals surface area (Å²) in [6.45, 7) is 15.3. The maximum Gasteiger partial charge on any atom is 0.144 e. The minimum absolute atomic E-state index is 0.256. The van der Waals surface area contributed by atoms with E-state index in [2.05, 4.69) is 71.9 Å². The first-order valence-corrected chi connectivity index (χ1v) is 13.2. The molecule has 0 heterocycles. The summed E-state index contributed by atoms with van der Waals surface area (Å²) in [5, 5.41) is 30.2. The van der Waals surface area contributed by atoms with Gasteiger partial charge in [-0.1, -0.05) is 96.1 Å². The summed E-state index contributed by atoms with van der Waals surface area (Å²) in [5.41, 5.74) is 7.69. The predicted octanol–water partition coefficient (Wildman–Crippen LogP) is 6.35. The molecule has 0 unspecified atom stereocenters. The number of hydrogen-bond donors (Lipinski definition) is 3. The van der Waals surface area contributed by atoms with Gasteiger partial charge in [0.25, 0.3) is 0 Å². The van der Waals surface area contributed by atoms with E-state index in [4.69, 9.17) is 0 Å². The van der Waals surface area contributed by atoms with Crippen LogP contribution in [-0.2, 0) is 16.2 Å².